The number of hydrogen-bond acceptors (Lipinski definition) is 4. The van der Waals surface area contributed by atoms with Crippen molar-refractivity contribution in [3.8, 4) is 11.5 Å². The lowest BCUT2D eigenvalue weighted by Crippen LogP contribution is -2.36. The van der Waals surface area contributed by atoms with Gasteiger partial charge in [-0.05, 0) is 94.9 Å². The van der Waals surface area contributed by atoms with E-state index in [1.54, 1.807) is 7.11 Å². The maximum Gasteiger partial charge on any atom is 0.173 e. The van der Waals surface area contributed by atoms with Gasteiger partial charge in [0.1, 0.15) is 0 Å². The van der Waals surface area contributed by atoms with Crippen molar-refractivity contribution in [1.29, 1.82) is 0 Å². The molecule has 0 atom stereocenters. The minimum atomic E-state index is 0.607. The van der Waals surface area contributed by atoms with E-state index in [0.29, 0.717) is 13.2 Å². The topological polar surface area (TPSA) is 37.0 Å². The molecule has 164 valence electrons. The molecule has 5 nitrogen and oxygen atoms in total. The molecule has 0 aliphatic rings. The first-order valence-corrected chi connectivity index (χ1v) is 10.8. The molecular weight excluding hydrogens is 394 g/mol. The Kier molecular flexibility index (Phi) is 9.40. The largest absolute Gasteiger partial charge is 0.493 e. The molecule has 0 unspecified atom stereocenters. The lowest BCUT2D eigenvalue weighted by atomic mass is 10.1. The van der Waals surface area contributed by atoms with Crippen LogP contribution in [-0.4, -0.2) is 55.8 Å². The Morgan fingerprint density at radius 3 is 2.50 bits per heavy atom. The Morgan fingerprint density at radius 2 is 1.83 bits per heavy atom. The fourth-order valence-corrected chi connectivity index (χ4v) is 3.48. The summed E-state index contributed by atoms with van der Waals surface area (Å²) in [5.74, 6) is 1.51. The molecule has 30 heavy (non-hydrogen) atoms. The summed E-state index contributed by atoms with van der Waals surface area (Å²) < 4.78 is 11.2. The normalized spacial score (nSPS) is 10.8. The molecule has 2 aromatic rings. The van der Waals surface area contributed by atoms with E-state index in [4.69, 9.17) is 21.7 Å². The number of thiocarbonyl (C=S) groups is 1. The standard InChI is InChI=1S/C24H35N3O2S/c1-7-29-22-13-12-20(16-23(22)28-6)17-27(15-9-14-26(4)5)24(30)25-21-11-8-10-18(2)19(21)3/h8,10-13,16H,7,9,14-15,17H2,1-6H3,(H,25,30). The molecule has 2 aromatic carbocycles. The Hall–Kier alpha value is -2.31. The summed E-state index contributed by atoms with van der Waals surface area (Å²) in [4.78, 5) is 4.41. The first kappa shape index (κ1) is 24.0. The Bertz CT molecular complexity index is 839. The van der Waals surface area contributed by atoms with Gasteiger partial charge in [-0.15, -0.1) is 0 Å². The van der Waals surface area contributed by atoms with Crippen molar-refractivity contribution in [2.75, 3.05) is 46.2 Å². The van der Waals surface area contributed by atoms with Crippen LogP contribution in [0, 0.1) is 13.8 Å². The van der Waals surface area contributed by atoms with Gasteiger partial charge in [-0.1, -0.05) is 18.2 Å². The van der Waals surface area contributed by atoms with E-state index in [-0.39, 0.29) is 0 Å². The van der Waals surface area contributed by atoms with Gasteiger partial charge in [0.2, 0.25) is 0 Å². The highest BCUT2D eigenvalue weighted by atomic mass is 32.1. The lowest BCUT2D eigenvalue weighted by molar-refractivity contribution is 0.309. The van der Waals surface area contributed by atoms with Crippen molar-refractivity contribution in [2.24, 2.45) is 0 Å². The second kappa shape index (κ2) is 11.8. The Morgan fingerprint density at radius 1 is 1.07 bits per heavy atom. The number of aryl methyl sites for hydroxylation is 1. The number of nitrogens with one attached hydrogen (secondary N) is 1. The van der Waals surface area contributed by atoms with E-state index in [9.17, 15) is 0 Å². The second-order valence-electron chi connectivity index (χ2n) is 7.67. The van der Waals surface area contributed by atoms with Crippen molar-refractivity contribution < 1.29 is 9.47 Å². The van der Waals surface area contributed by atoms with Gasteiger partial charge < -0.3 is 24.6 Å². The summed E-state index contributed by atoms with van der Waals surface area (Å²) in [6.45, 7) is 9.39. The van der Waals surface area contributed by atoms with Gasteiger partial charge >= 0.3 is 0 Å². The third kappa shape index (κ3) is 6.89. The van der Waals surface area contributed by atoms with E-state index in [0.717, 1.165) is 47.4 Å². The van der Waals surface area contributed by atoms with Crippen LogP contribution in [-0.2, 0) is 6.54 Å². The van der Waals surface area contributed by atoms with Crippen molar-refractivity contribution in [1.82, 2.24) is 9.80 Å². The third-order valence-electron chi connectivity index (χ3n) is 5.07. The second-order valence-corrected chi connectivity index (χ2v) is 8.06. The lowest BCUT2D eigenvalue weighted by Gasteiger charge is -2.27. The van der Waals surface area contributed by atoms with Crippen LogP contribution in [0.2, 0.25) is 0 Å². The molecule has 6 heteroatoms. The van der Waals surface area contributed by atoms with E-state index < -0.39 is 0 Å². The van der Waals surface area contributed by atoms with Crippen LogP contribution in [0.1, 0.15) is 30.0 Å². The highest BCUT2D eigenvalue weighted by Gasteiger charge is 2.14. The predicted octanol–water partition coefficient (Wildman–Crippen LogP) is 4.86. The van der Waals surface area contributed by atoms with Crippen LogP contribution in [0.4, 0.5) is 5.69 Å². The highest BCUT2D eigenvalue weighted by molar-refractivity contribution is 7.80. The van der Waals surface area contributed by atoms with Gasteiger partial charge in [0.05, 0.1) is 13.7 Å². The van der Waals surface area contributed by atoms with Gasteiger partial charge in [-0.3, -0.25) is 0 Å². The maximum absolute atomic E-state index is 5.81. The van der Waals surface area contributed by atoms with Gasteiger partial charge in [0.15, 0.2) is 16.6 Å². The quantitative estimate of drug-likeness (QED) is 0.544. The molecule has 0 aromatic heterocycles. The van der Waals surface area contributed by atoms with Crippen LogP contribution in [0.5, 0.6) is 11.5 Å². The highest BCUT2D eigenvalue weighted by Crippen LogP contribution is 2.29. The minimum absolute atomic E-state index is 0.607. The molecule has 0 saturated carbocycles. The summed E-state index contributed by atoms with van der Waals surface area (Å²) in [5, 5.41) is 4.19. The van der Waals surface area contributed by atoms with Gasteiger partial charge in [0.25, 0.3) is 0 Å². The average molecular weight is 430 g/mol. The van der Waals surface area contributed by atoms with Gasteiger partial charge in [-0.25, -0.2) is 0 Å². The number of anilines is 1. The molecule has 0 saturated heterocycles. The molecule has 0 bridgehead atoms. The van der Waals surface area contributed by atoms with Gasteiger partial charge in [0, 0.05) is 18.8 Å². The number of ether oxygens (including phenoxy) is 2. The summed E-state index contributed by atoms with van der Waals surface area (Å²) in [7, 11) is 5.85. The van der Waals surface area contributed by atoms with Crippen molar-refractivity contribution in [3.63, 3.8) is 0 Å². The van der Waals surface area contributed by atoms with Crippen LogP contribution in [0.25, 0.3) is 0 Å². The number of benzene rings is 2. The predicted molar refractivity (Wildman–Crippen MR) is 130 cm³/mol. The van der Waals surface area contributed by atoms with Gasteiger partial charge in [-0.2, -0.15) is 0 Å². The smallest absolute Gasteiger partial charge is 0.173 e. The number of methoxy groups -OCH3 is 1. The molecular formula is C24H35N3O2S. The van der Waals surface area contributed by atoms with Crippen LogP contribution in [0.3, 0.4) is 0 Å². The average Bonchev–Trinajstić information content (AvgIpc) is 2.71. The molecule has 0 aliphatic heterocycles. The molecule has 0 spiro atoms. The molecule has 0 heterocycles. The molecule has 0 fully saturated rings. The van der Waals surface area contributed by atoms with Crippen molar-refractivity contribution >= 4 is 23.0 Å². The molecule has 0 radical (unpaired) electrons. The fraction of sp³-hybridized carbons (Fsp3) is 0.458. The molecule has 1 N–H and O–H groups in total. The summed E-state index contributed by atoms with van der Waals surface area (Å²) in [6, 6.07) is 12.3. The van der Waals surface area contributed by atoms with E-state index in [1.807, 2.05) is 19.1 Å². The first-order chi connectivity index (χ1) is 14.3. The van der Waals surface area contributed by atoms with E-state index in [2.05, 4.69) is 67.3 Å². The zero-order valence-electron chi connectivity index (χ0n) is 19.1. The van der Waals surface area contributed by atoms with Crippen molar-refractivity contribution in [3.05, 3.63) is 53.1 Å². The molecule has 0 amide bonds. The van der Waals surface area contributed by atoms with E-state index in [1.165, 1.54) is 11.1 Å². The zero-order chi connectivity index (χ0) is 22.1. The number of rotatable bonds is 10. The van der Waals surface area contributed by atoms with Crippen LogP contribution >= 0.6 is 12.2 Å². The number of hydrogen-bond donors (Lipinski definition) is 1. The van der Waals surface area contributed by atoms with E-state index >= 15 is 0 Å². The zero-order valence-corrected chi connectivity index (χ0v) is 19.9. The van der Waals surface area contributed by atoms with Crippen LogP contribution < -0.4 is 14.8 Å². The summed E-state index contributed by atoms with van der Waals surface area (Å²) in [6.07, 6.45) is 1.02. The van der Waals surface area contributed by atoms with Crippen molar-refractivity contribution in [2.45, 2.75) is 33.7 Å². The maximum atomic E-state index is 5.81. The Labute approximate surface area is 187 Å². The number of nitrogens with zero attached hydrogens (tertiary/aromatic N) is 2. The first-order valence-electron chi connectivity index (χ1n) is 10.4. The monoisotopic (exact) mass is 429 g/mol. The Balaban J connectivity index is 2.19. The SMILES string of the molecule is CCOc1ccc(CN(CCCN(C)C)C(=S)Nc2cccc(C)c2C)cc1OC. The summed E-state index contributed by atoms with van der Waals surface area (Å²) in [5.41, 5.74) is 4.65. The molecule has 2 rings (SSSR count). The third-order valence-corrected chi connectivity index (χ3v) is 5.43. The molecule has 0 aliphatic carbocycles. The fourth-order valence-electron chi connectivity index (χ4n) is 3.22. The summed E-state index contributed by atoms with van der Waals surface area (Å²) >= 11 is 5.81. The minimum Gasteiger partial charge on any atom is -0.493 e. The van der Waals surface area contributed by atoms with Crippen LogP contribution in [0.15, 0.2) is 36.4 Å².